The summed E-state index contributed by atoms with van der Waals surface area (Å²) in [6, 6.07) is 5.40. The lowest BCUT2D eigenvalue weighted by Crippen LogP contribution is -2.36. The van der Waals surface area contributed by atoms with Crippen LogP contribution in [0.1, 0.15) is 23.2 Å². The van der Waals surface area contributed by atoms with Gasteiger partial charge >= 0.3 is 0 Å². The summed E-state index contributed by atoms with van der Waals surface area (Å²) in [5.41, 5.74) is 0.651. The van der Waals surface area contributed by atoms with Crippen LogP contribution in [-0.4, -0.2) is 29.3 Å². The number of hydrogen-bond acceptors (Lipinski definition) is 1. The van der Waals surface area contributed by atoms with Crippen LogP contribution in [0.15, 0.2) is 22.7 Å². The van der Waals surface area contributed by atoms with E-state index in [0.29, 0.717) is 16.5 Å². The van der Waals surface area contributed by atoms with E-state index < -0.39 is 0 Å². The van der Waals surface area contributed by atoms with Gasteiger partial charge in [0.1, 0.15) is 0 Å². The molecule has 17 heavy (non-hydrogen) atoms. The normalized spacial score (nSPS) is 19.7. The quantitative estimate of drug-likeness (QED) is 0.749. The molecule has 0 bridgehead atoms. The molecule has 1 aromatic rings. The molecule has 1 amide bonds. The Morgan fingerprint density at radius 3 is 2.94 bits per heavy atom. The summed E-state index contributed by atoms with van der Waals surface area (Å²) < 4.78 is 0.742. The maximum atomic E-state index is 12.3. The second-order valence-corrected chi connectivity index (χ2v) is 5.65. The zero-order valence-electron chi connectivity index (χ0n) is 9.13. The highest BCUT2D eigenvalue weighted by Crippen LogP contribution is 2.26. The first kappa shape index (κ1) is 13.2. The van der Waals surface area contributed by atoms with Crippen LogP contribution in [0.25, 0.3) is 0 Å². The molecule has 0 radical (unpaired) electrons. The first-order chi connectivity index (χ1) is 8.13. The highest BCUT2D eigenvalue weighted by molar-refractivity contribution is 9.10. The van der Waals surface area contributed by atoms with Gasteiger partial charge in [-0.15, -0.1) is 11.6 Å². The van der Waals surface area contributed by atoms with Gasteiger partial charge in [-0.3, -0.25) is 4.79 Å². The fraction of sp³-hybridized carbons (Fsp3) is 0.417. The van der Waals surface area contributed by atoms with Gasteiger partial charge in [-0.25, -0.2) is 0 Å². The van der Waals surface area contributed by atoms with E-state index in [1.165, 1.54) is 0 Å². The Bertz CT molecular complexity index is 439. The van der Waals surface area contributed by atoms with Crippen LogP contribution < -0.4 is 0 Å². The standard InChI is InChI=1S/C12H12BrCl2NO/c13-10-6-8(3-4-11(10)15)12(17)16-5-1-2-9(16)7-14/h3-4,6,9H,1-2,5,7H2. The van der Waals surface area contributed by atoms with E-state index in [1.54, 1.807) is 18.2 Å². The zero-order valence-corrected chi connectivity index (χ0v) is 12.2. The number of nitrogens with zero attached hydrogens (tertiary/aromatic N) is 1. The van der Waals surface area contributed by atoms with E-state index in [0.717, 1.165) is 23.9 Å². The zero-order chi connectivity index (χ0) is 12.4. The largest absolute Gasteiger partial charge is 0.334 e. The average molecular weight is 337 g/mol. The lowest BCUT2D eigenvalue weighted by Gasteiger charge is -2.23. The Labute approximate surface area is 119 Å². The van der Waals surface area contributed by atoms with Crippen LogP contribution in [0.2, 0.25) is 5.02 Å². The minimum Gasteiger partial charge on any atom is -0.334 e. The Morgan fingerprint density at radius 1 is 1.53 bits per heavy atom. The third kappa shape index (κ3) is 2.78. The SMILES string of the molecule is O=C(c1ccc(Cl)c(Br)c1)N1CCCC1CCl. The summed E-state index contributed by atoms with van der Waals surface area (Å²) >= 11 is 15.1. The molecule has 1 heterocycles. The summed E-state index contributed by atoms with van der Waals surface area (Å²) in [6.45, 7) is 0.788. The maximum absolute atomic E-state index is 12.3. The lowest BCUT2D eigenvalue weighted by molar-refractivity contribution is 0.0749. The van der Waals surface area contributed by atoms with Crippen LogP contribution in [0, 0.1) is 0 Å². The van der Waals surface area contributed by atoms with E-state index >= 15 is 0 Å². The Balaban J connectivity index is 2.21. The fourth-order valence-corrected chi connectivity index (χ4v) is 2.88. The highest BCUT2D eigenvalue weighted by atomic mass is 79.9. The molecule has 2 rings (SSSR count). The summed E-state index contributed by atoms with van der Waals surface area (Å²) in [5.74, 6) is 0.533. The average Bonchev–Trinajstić information content (AvgIpc) is 2.80. The monoisotopic (exact) mass is 335 g/mol. The van der Waals surface area contributed by atoms with Crippen LogP contribution in [0.3, 0.4) is 0 Å². The van der Waals surface area contributed by atoms with Crippen molar-refractivity contribution in [3.8, 4) is 0 Å². The van der Waals surface area contributed by atoms with Gasteiger partial charge in [0.2, 0.25) is 0 Å². The molecule has 0 spiro atoms. The molecule has 1 atom stereocenters. The predicted molar refractivity (Wildman–Crippen MR) is 73.9 cm³/mol. The molecule has 0 aliphatic carbocycles. The number of benzene rings is 1. The number of carbonyl (C=O) groups is 1. The van der Waals surface area contributed by atoms with Crippen molar-refractivity contribution < 1.29 is 4.79 Å². The maximum Gasteiger partial charge on any atom is 0.254 e. The third-order valence-electron chi connectivity index (χ3n) is 2.98. The van der Waals surface area contributed by atoms with Crippen molar-refractivity contribution in [2.24, 2.45) is 0 Å². The first-order valence-electron chi connectivity index (χ1n) is 5.45. The minimum atomic E-state index is 0.0329. The number of rotatable bonds is 2. The molecule has 1 aromatic carbocycles. The smallest absolute Gasteiger partial charge is 0.254 e. The van der Waals surface area contributed by atoms with Gasteiger partial charge in [-0.05, 0) is 47.0 Å². The van der Waals surface area contributed by atoms with Crippen LogP contribution in [-0.2, 0) is 0 Å². The van der Waals surface area contributed by atoms with Gasteiger partial charge in [-0.1, -0.05) is 11.6 Å². The van der Waals surface area contributed by atoms with Gasteiger partial charge in [-0.2, -0.15) is 0 Å². The number of alkyl halides is 1. The molecule has 0 aromatic heterocycles. The summed E-state index contributed by atoms with van der Waals surface area (Å²) in [4.78, 5) is 14.1. The topological polar surface area (TPSA) is 20.3 Å². The molecule has 2 nitrogen and oxygen atoms in total. The van der Waals surface area contributed by atoms with Crippen LogP contribution in [0.4, 0.5) is 0 Å². The molecule has 92 valence electrons. The highest BCUT2D eigenvalue weighted by Gasteiger charge is 2.28. The van der Waals surface area contributed by atoms with Crippen molar-refractivity contribution in [1.29, 1.82) is 0 Å². The number of hydrogen-bond donors (Lipinski definition) is 0. The third-order valence-corrected chi connectivity index (χ3v) is 4.55. The fourth-order valence-electron chi connectivity index (χ4n) is 2.06. The number of likely N-dealkylation sites (tertiary alicyclic amines) is 1. The van der Waals surface area contributed by atoms with Crippen LogP contribution >= 0.6 is 39.1 Å². The molecule has 0 saturated carbocycles. The van der Waals surface area contributed by atoms with Gasteiger partial charge in [0, 0.05) is 28.5 Å². The predicted octanol–water partition coefficient (Wildman–Crippen LogP) is 3.95. The summed E-state index contributed by atoms with van der Waals surface area (Å²) in [7, 11) is 0. The molecule has 1 fully saturated rings. The molecule has 1 aliphatic rings. The van der Waals surface area contributed by atoms with Gasteiger partial charge in [0.05, 0.1) is 5.02 Å². The van der Waals surface area contributed by atoms with E-state index in [-0.39, 0.29) is 11.9 Å². The van der Waals surface area contributed by atoms with Crippen molar-refractivity contribution in [1.82, 2.24) is 4.90 Å². The Morgan fingerprint density at radius 2 is 2.29 bits per heavy atom. The summed E-state index contributed by atoms with van der Waals surface area (Å²) in [6.07, 6.45) is 2.02. The van der Waals surface area contributed by atoms with E-state index in [2.05, 4.69) is 15.9 Å². The first-order valence-corrected chi connectivity index (χ1v) is 7.16. The van der Waals surface area contributed by atoms with Gasteiger partial charge in [0.15, 0.2) is 0 Å². The molecule has 1 saturated heterocycles. The van der Waals surface area contributed by atoms with E-state index in [4.69, 9.17) is 23.2 Å². The molecule has 5 heteroatoms. The van der Waals surface area contributed by atoms with Crippen molar-refractivity contribution in [2.45, 2.75) is 18.9 Å². The summed E-state index contributed by atoms with van der Waals surface area (Å²) in [5, 5.41) is 0.608. The van der Waals surface area contributed by atoms with Crippen molar-refractivity contribution >= 4 is 45.0 Å². The minimum absolute atomic E-state index is 0.0329. The van der Waals surface area contributed by atoms with Crippen molar-refractivity contribution in [3.05, 3.63) is 33.3 Å². The van der Waals surface area contributed by atoms with Gasteiger partial charge < -0.3 is 4.90 Å². The second kappa shape index (κ2) is 5.59. The number of amides is 1. The van der Waals surface area contributed by atoms with Crippen molar-refractivity contribution in [3.63, 3.8) is 0 Å². The molecule has 1 unspecified atom stereocenters. The molecule has 1 aliphatic heterocycles. The second-order valence-electron chi connectivity index (χ2n) is 4.08. The lowest BCUT2D eigenvalue weighted by atomic mass is 10.2. The number of halogens is 3. The van der Waals surface area contributed by atoms with Gasteiger partial charge in [0.25, 0.3) is 5.91 Å². The van der Waals surface area contributed by atoms with E-state index in [1.807, 2.05) is 4.90 Å². The number of carbonyl (C=O) groups excluding carboxylic acids is 1. The van der Waals surface area contributed by atoms with Crippen LogP contribution in [0.5, 0.6) is 0 Å². The Kier molecular flexibility index (Phi) is 4.34. The Hall–Kier alpha value is -0.250. The molecule has 0 N–H and O–H groups in total. The van der Waals surface area contributed by atoms with E-state index in [9.17, 15) is 4.79 Å². The van der Waals surface area contributed by atoms with Crippen molar-refractivity contribution in [2.75, 3.05) is 12.4 Å². The molecular formula is C12H12BrCl2NO. The molecular weight excluding hydrogens is 325 g/mol.